The summed E-state index contributed by atoms with van der Waals surface area (Å²) in [6.07, 6.45) is 1.60. The molecular weight excluding hydrogens is 238 g/mol. The summed E-state index contributed by atoms with van der Waals surface area (Å²) in [6, 6.07) is 9.71. The van der Waals surface area contributed by atoms with Crippen LogP contribution in [-0.4, -0.2) is 17.3 Å². The van der Waals surface area contributed by atoms with Gasteiger partial charge in [0.2, 0.25) is 0 Å². The molecule has 4 nitrogen and oxygen atoms in total. The number of aromatic nitrogens is 2. The molecule has 1 unspecified atom stereocenters. The van der Waals surface area contributed by atoms with Crippen molar-refractivity contribution in [2.24, 2.45) is 0 Å². The van der Waals surface area contributed by atoms with Crippen LogP contribution in [0.4, 0.5) is 0 Å². The molecule has 0 radical (unpaired) electrons. The van der Waals surface area contributed by atoms with Crippen molar-refractivity contribution in [2.45, 2.75) is 19.8 Å². The van der Waals surface area contributed by atoms with Gasteiger partial charge in [0.05, 0.1) is 18.9 Å². The number of hydrogen-bond acceptors (Lipinski definition) is 4. The summed E-state index contributed by atoms with van der Waals surface area (Å²) in [5.41, 5.74) is 3.71. The van der Waals surface area contributed by atoms with Crippen molar-refractivity contribution in [2.75, 3.05) is 7.11 Å². The number of methoxy groups -OCH3 is 1. The van der Waals surface area contributed by atoms with Crippen molar-refractivity contribution in [3.8, 4) is 11.8 Å². The summed E-state index contributed by atoms with van der Waals surface area (Å²) in [5, 5.41) is 17.3. The summed E-state index contributed by atoms with van der Waals surface area (Å²) in [7, 11) is 1.64. The fraction of sp³-hybridized carbons (Fsp3) is 0.267. The van der Waals surface area contributed by atoms with Gasteiger partial charge in [0.15, 0.2) is 0 Å². The van der Waals surface area contributed by atoms with Gasteiger partial charge in [-0.15, -0.1) is 0 Å². The van der Waals surface area contributed by atoms with Crippen LogP contribution in [0.5, 0.6) is 5.75 Å². The van der Waals surface area contributed by atoms with Gasteiger partial charge in [0.1, 0.15) is 11.7 Å². The molecule has 0 amide bonds. The second-order valence-corrected chi connectivity index (χ2v) is 4.32. The predicted molar refractivity (Wildman–Crippen MR) is 72.0 cm³/mol. The minimum absolute atomic E-state index is 0.404. The van der Waals surface area contributed by atoms with Crippen LogP contribution in [0.15, 0.2) is 30.5 Å². The third-order valence-corrected chi connectivity index (χ3v) is 3.33. The molecule has 0 aliphatic rings. The van der Waals surface area contributed by atoms with Crippen LogP contribution in [0.2, 0.25) is 0 Å². The second kappa shape index (κ2) is 5.49. The Morgan fingerprint density at radius 3 is 2.58 bits per heavy atom. The van der Waals surface area contributed by atoms with Gasteiger partial charge in [-0.05, 0) is 48.7 Å². The highest BCUT2D eigenvalue weighted by Crippen LogP contribution is 2.31. The van der Waals surface area contributed by atoms with Gasteiger partial charge < -0.3 is 4.74 Å². The maximum atomic E-state index is 9.43. The SMILES string of the molecule is COc1ccc(C(C#N)c2cccnn2)c(C)c1C. The minimum Gasteiger partial charge on any atom is -0.496 e. The lowest BCUT2D eigenvalue weighted by molar-refractivity contribution is 0.411. The Morgan fingerprint density at radius 2 is 2.00 bits per heavy atom. The molecule has 0 fully saturated rings. The number of ether oxygens (including phenoxy) is 1. The molecule has 1 heterocycles. The highest BCUT2D eigenvalue weighted by molar-refractivity contribution is 5.48. The standard InChI is InChI=1S/C15H15N3O/c1-10-11(2)15(19-3)7-6-12(10)13(9-16)14-5-4-8-17-18-14/h4-8,13H,1-3H3. The molecule has 4 heteroatoms. The molecule has 1 aromatic carbocycles. The van der Waals surface area contributed by atoms with E-state index >= 15 is 0 Å². The Hall–Kier alpha value is -2.41. The second-order valence-electron chi connectivity index (χ2n) is 4.32. The van der Waals surface area contributed by atoms with E-state index in [1.54, 1.807) is 19.4 Å². The number of nitrogens with zero attached hydrogens (tertiary/aromatic N) is 3. The Bertz CT molecular complexity index is 617. The minimum atomic E-state index is -0.404. The lowest BCUT2D eigenvalue weighted by Crippen LogP contribution is -2.05. The fourth-order valence-corrected chi connectivity index (χ4v) is 2.11. The number of rotatable bonds is 3. The van der Waals surface area contributed by atoms with Gasteiger partial charge >= 0.3 is 0 Å². The first-order chi connectivity index (χ1) is 9.19. The van der Waals surface area contributed by atoms with Gasteiger partial charge in [-0.2, -0.15) is 15.5 Å². The zero-order chi connectivity index (χ0) is 13.8. The molecular formula is C15H15N3O. The molecule has 2 aromatic rings. The van der Waals surface area contributed by atoms with Crippen molar-refractivity contribution in [3.05, 3.63) is 52.8 Å². The van der Waals surface area contributed by atoms with Gasteiger partial charge in [-0.1, -0.05) is 6.07 Å². The first-order valence-electron chi connectivity index (χ1n) is 6.00. The lowest BCUT2D eigenvalue weighted by Gasteiger charge is -2.15. The van der Waals surface area contributed by atoms with Crippen molar-refractivity contribution in [3.63, 3.8) is 0 Å². The van der Waals surface area contributed by atoms with E-state index in [4.69, 9.17) is 4.74 Å². The summed E-state index contributed by atoms with van der Waals surface area (Å²) in [6.45, 7) is 3.98. The summed E-state index contributed by atoms with van der Waals surface area (Å²) in [4.78, 5) is 0. The molecule has 96 valence electrons. The summed E-state index contributed by atoms with van der Waals surface area (Å²) >= 11 is 0. The van der Waals surface area contributed by atoms with E-state index < -0.39 is 5.92 Å². The molecule has 0 N–H and O–H groups in total. The predicted octanol–water partition coefficient (Wildman–Crippen LogP) is 2.76. The number of nitriles is 1. The van der Waals surface area contributed by atoms with Crippen LogP contribution in [0.3, 0.4) is 0 Å². The quantitative estimate of drug-likeness (QED) is 0.844. The van der Waals surface area contributed by atoms with Gasteiger partial charge in [-0.25, -0.2) is 0 Å². The Kier molecular flexibility index (Phi) is 3.76. The molecule has 0 saturated carbocycles. The zero-order valence-electron chi connectivity index (χ0n) is 11.2. The van der Waals surface area contributed by atoms with Gasteiger partial charge in [-0.3, -0.25) is 0 Å². The molecule has 0 aliphatic heterocycles. The van der Waals surface area contributed by atoms with E-state index in [1.165, 1.54) is 0 Å². The first-order valence-corrected chi connectivity index (χ1v) is 6.00. The number of benzene rings is 1. The molecule has 0 saturated heterocycles. The van der Waals surface area contributed by atoms with E-state index in [0.717, 1.165) is 22.4 Å². The van der Waals surface area contributed by atoms with E-state index in [9.17, 15) is 5.26 Å². The van der Waals surface area contributed by atoms with E-state index in [-0.39, 0.29) is 0 Å². The van der Waals surface area contributed by atoms with Crippen LogP contribution >= 0.6 is 0 Å². The normalized spacial score (nSPS) is 11.7. The lowest BCUT2D eigenvalue weighted by atomic mass is 9.90. The average molecular weight is 253 g/mol. The molecule has 0 spiro atoms. The zero-order valence-corrected chi connectivity index (χ0v) is 11.2. The van der Waals surface area contributed by atoms with E-state index in [0.29, 0.717) is 5.69 Å². The van der Waals surface area contributed by atoms with Crippen LogP contribution in [-0.2, 0) is 0 Å². The molecule has 0 aliphatic carbocycles. The first kappa shape index (κ1) is 13.0. The third-order valence-electron chi connectivity index (χ3n) is 3.33. The van der Waals surface area contributed by atoms with Crippen molar-refractivity contribution in [1.82, 2.24) is 10.2 Å². The third kappa shape index (κ3) is 2.41. The Balaban J connectivity index is 2.52. The molecule has 1 aromatic heterocycles. The van der Waals surface area contributed by atoms with Gasteiger partial charge in [0, 0.05) is 6.20 Å². The maximum Gasteiger partial charge on any atom is 0.122 e. The number of hydrogen-bond donors (Lipinski definition) is 0. The summed E-state index contributed by atoms with van der Waals surface area (Å²) < 4.78 is 5.29. The fourth-order valence-electron chi connectivity index (χ4n) is 2.11. The Labute approximate surface area is 112 Å². The van der Waals surface area contributed by atoms with Crippen LogP contribution in [0.1, 0.15) is 28.3 Å². The van der Waals surface area contributed by atoms with Crippen molar-refractivity contribution >= 4 is 0 Å². The monoisotopic (exact) mass is 253 g/mol. The van der Waals surface area contributed by atoms with Gasteiger partial charge in [0.25, 0.3) is 0 Å². The smallest absolute Gasteiger partial charge is 0.122 e. The largest absolute Gasteiger partial charge is 0.496 e. The van der Waals surface area contributed by atoms with E-state index in [1.807, 2.05) is 32.0 Å². The molecule has 2 rings (SSSR count). The van der Waals surface area contributed by atoms with Crippen molar-refractivity contribution in [1.29, 1.82) is 5.26 Å². The average Bonchev–Trinajstić information content (AvgIpc) is 2.45. The Morgan fingerprint density at radius 1 is 1.21 bits per heavy atom. The topological polar surface area (TPSA) is 58.8 Å². The highest BCUT2D eigenvalue weighted by atomic mass is 16.5. The molecule has 1 atom stereocenters. The molecule has 0 bridgehead atoms. The van der Waals surface area contributed by atoms with Crippen LogP contribution in [0, 0.1) is 25.2 Å². The summed E-state index contributed by atoms with van der Waals surface area (Å²) in [5.74, 6) is 0.426. The van der Waals surface area contributed by atoms with Crippen LogP contribution in [0.25, 0.3) is 0 Å². The van der Waals surface area contributed by atoms with Crippen molar-refractivity contribution < 1.29 is 4.74 Å². The maximum absolute atomic E-state index is 9.43. The molecule has 19 heavy (non-hydrogen) atoms. The van der Waals surface area contributed by atoms with Crippen LogP contribution < -0.4 is 4.74 Å². The van der Waals surface area contributed by atoms with E-state index in [2.05, 4.69) is 16.3 Å². The highest BCUT2D eigenvalue weighted by Gasteiger charge is 2.19.